The minimum atomic E-state index is -0.917. The number of aromatic nitrogens is 2. The van der Waals surface area contributed by atoms with Crippen molar-refractivity contribution >= 4 is 29.7 Å². The Hall–Kier alpha value is -4.02. The molecular formula is C25H25BN4O5. The monoisotopic (exact) mass is 472 g/mol. The second-order valence-electron chi connectivity index (χ2n) is 8.16. The molecule has 0 aliphatic heterocycles. The van der Waals surface area contributed by atoms with E-state index in [9.17, 15) is 19.9 Å². The van der Waals surface area contributed by atoms with Gasteiger partial charge in [0.2, 0.25) is 0 Å². The van der Waals surface area contributed by atoms with Gasteiger partial charge in [0.15, 0.2) is 0 Å². The van der Waals surface area contributed by atoms with E-state index in [1.54, 1.807) is 6.07 Å². The number of nitrogens with zero attached hydrogens (tertiary/aromatic N) is 3. The van der Waals surface area contributed by atoms with Gasteiger partial charge in [-0.15, -0.1) is 0 Å². The lowest BCUT2D eigenvalue weighted by atomic mass is 9.86. The summed E-state index contributed by atoms with van der Waals surface area (Å²) in [6, 6.07) is 22.7. The Labute approximate surface area is 202 Å². The first kappa shape index (κ1) is 24.1. The summed E-state index contributed by atoms with van der Waals surface area (Å²) < 4.78 is 7.41. The van der Waals surface area contributed by atoms with Gasteiger partial charge in [0.1, 0.15) is 12.4 Å². The molecule has 1 heterocycles. The van der Waals surface area contributed by atoms with Crippen LogP contribution in [0.1, 0.15) is 17.8 Å². The summed E-state index contributed by atoms with van der Waals surface area (Å²) >= 11 is 0. The van der Waals surface area contributed by atoms with Gasteiger partial charge in [0.25, 0.3) is 5.69 Å². The molecule has 0 fully saturated rings. The molecule has 178 valence electrons. The molecule has 0 unspecified atom stereocenters. The van der Waals surface area contributed by atoms with Gasteiger partial charge in [-0.25, -0.2) is 4.98 Å². The number of aryl methyl sites for hydroxylation is 1. The summed E-state index contributed by atoms with van der Waals surface area (Å²) in [6.07, 6.45) is 0.666. The Morgan fingerprint density at radius 2 is 1.83 bits per heavy atom. The number of carbonyl (C=O) groups excluding carboxylic acids is 1. The highest BCUT2D eigenvalue weighted by atomic mass is 16.6. The normalized spacial score (nSPS) is 11.8. The first-order chi connectivity index (χ1) is 16.9. The van der Waals surface area contributed by atoms with Crippen LogP contribution in [0.4, 0.5) is 5.69 Å². The van der Waals surface area contributed by atoms with Crippen LogP contribution < -0.4 is 5.23 Å². The fraction of sp³-hybridized carbons (Fsp3) is 0.200. The van der Waals surface area contributed by atoms with E-state index < -0.39 is 24.0 Å². The highest BCUT2D eigenvalue weighted by Crippen LogP contribution is 2.26. The predicted octanol–water partition coefficient (Wildman–Crippen LogP) is 3.68. The molecule has 0 saturated heterocycles. The van der Waals surface area contributed by atoms with Crippen LogP contribution >= 0.6 is 0 Å². The average Bonchev–Trinajstić information content (AvgIpc) is 3.23. The van der Waals surface area contributed by atoms with Crippen molar-refractivity contribution in [1.82, 2.24) is 14.8 Å². The Morgan fingerprint density at radius 1 is 1.14 bits per heavy atom. The molecule has 0 amide bonds. The van der Waals surface area contributed by atoms with Crippen LogP contribution in [-0.2, 0) is 22.6 Å². The topological polar surface area (TPSA) is 120 Å². The number of nitrogens with one attached hydrogen (secondary N) is 1. The average molecular weight is 472 g/mol. The van der Waals surface area contributed by atoms with Crippen LogP contribution in [0.3, 0.4) is 0 Å². The standard InChI is InChI=1S/C25H25BN4O5/c1-26(32)28-21(25(31)35-17-18-8-4-2-5-9-18)13-15-24-27-22-16-20(30(33)34)12-14-23(22)29(24)19-10-6-3-7-11-19/h2-12,14,16,21,28,32H,13,15,17H2,1H3/t21-/m0/s1. The van der Waals surface area contributed by atoms with Crippen molar-refractivity contribution in [2.24, 2.45) is 0 Å². The van der Waals surface area contributed by atoms with Gasteiger partial charge in [-0.2, -0.15) is 0 Å². The molecule has 3 aromatic carbocycles. The second kappa shape index (κ2) is 10.9. The van der Waals surface area contributed by atoms with Gasteiger partial charge in [-0.1, -0.05) is 48.5 Å². The zero-order valence-electron chi connectivity index (χ0n) is 19.2. The molecule has 0 radical (unpaired) electrons. The number of fused-ring (bicyclic) bond motifs is 1. The summed E-state index contributed by atoms with van der Waals surface area (Å²) in [6.45, 7) is 1.67. The number of nitro benzene ring substituents is 1. The summed E-state index contributed by atoms with van der Waals surface area (Å²) in [7, 11) is -0.917. The minimum Gasteiger partial charge on any atom is -0.460 e. The molecule has 1 atom stereocenters. The Bertz CT molecular complexity index is 1310. The third-order valence-electron chi connectivity index (χ3n) is 5.54. The molecule has 0 aliphatic carbocycles. The fourth-order valence-electron chi connectivity index (χ4n) is 3.93. The first-order valence-corrected chi connectivity index (χ1v) is 11.3. The van der Waals surface area contributed by atoms with Crippen molar-refractivity contribution in [3.8, 4) is 5.69 Å². The van der Waals surface area contributed by atoms with E-state index in [-0.39, 0.29) is 12.3 Å². The van der Waals surface area contributed by atoms with Gasteiger partial charge in [-0.3, -0.25) is 19.5 Å². The molecule has 4 rings (SSSR count). The number of para-hydroxylation sites is 1. The van der Waals surface area contributed by atoms with Crippen molar-refractivity contribution in [3.63, 3.8) is 0 Å². The van der Waals surface area contributed by atoms with Crippen molar-refractivity contribution in [3.05, 3.63) is 100 Å². The van der Waals surface area contributed by atoms with Gasteiger partial charge >= 0.3 is 13.0 Å². The number of rotatable bonds is 10. The van der Waals surface area contributed by atoms with E-state index in [0.29, 0.717) is 24.2 Å². The number of hydrogen-bond donors (Lipinski definition) is 2. The van der Waals surface area contributed by atoms with Crippen molar-refractivity contribution < 1.29 is 19.5 Å². The van der Waals surface area contributed by atoms with Gasteiger partial charge < -0.3 is 15.0 Å². The van der Waals surface area contributed by atoms with Crippen molar-refractivity contribution in [2.45, 2.75) is 32.3 Å². The smallest absolute Gasteiger partial charge is 0.374 e. The zero-order chi connectivity index (χ0) is 24.8. The van der Waals surface area contributed by atoms with Crippen molar-refractivity contribution in [1.29, 1.82) is 0 Å². The lowest BCUT2D eigenvalue weighted by molar-refractivity contribution is -0.384. The largest absolute Gasteiger partial charge is 0.460 e. The Kier molecular flexibility index (Phi) is 7.54. The van der Waals surface area contributed by atoms with E-state index in [1.807, 2.05) is 65.2 Å². The highest BCUT2D eigenvalue weighted by Gasteiger charge is 2.24. The van der Waals surface area contributed by atoms with Gasteiger partial charge in [0, 0.05) is 24.2 Å². The lowest BCUT2D eigenvalue weighted by Gasteiger charge is -2.18. The van der Waals surface area contributed by atoms with Crippen molar-refractivity contribution in [2.75, 3.05) is 0 Å². The number of non-ortho nitro benzene ring substituents is 1. The number of hydrogen-bond acceptors (Lipinski definition) is 7. The highest BCUT2D eigenvalue weighted by molar-refractivity contribution is 6.46. The number of ether oxygens (including phenoxy) is 1. The number of benzene rings is 3. The molecule has 0 bridgehead atoms. The molecule has 9 nitrogen and oxygen atoms in total. The molecule has 4 aromatic rings. The maximum Gasteiger partial charge on any atom is 0.374 e. The number of nitro groups is 1. The number of esters is 1. The molecular weight excluding hydrogens is 447 g/mol. The summed E-state index contributed by atoms with van der Waals surface area (Å²) in [5.74, 6) is 0.160. The van der Waals surface area contributed by atoms with Crippen LogP contribution in [0.25, 0.3) is 16.7 Å². The van der Waals surface area contributed by atoms with E-state index in [2.05, 4.69) is 10.2 Å². The van der Waals surface area contributed by atoms with E-state index in [1.165, 1.54) is 19.0 Å². The molecule has 0 saturated carbocycles. The number of carbonyl (C=O) groups is 1. The van der Waals surface area contributed by atoms with E-state index in [4.69, 9.17) is 4.74 Å². The predicted molar refractivity (Wildman–Crippen MR) is 133 cm³/mol. The van der Waals surface area contributed by atoms with Crippen LogP contribution in [0.2, 0.25) is 6.82 Å². The Morgan fingerprint density at radius 3 is 2.49 bits per heavy atom. The van der Waals surface area contributed by atoms with Crippen LogP contribution in [0.15, 0.2) is 78.9 Å². The summed E-state index contributed by atoms with van der Waals surface area (Å²) in [4.78, 5) is 28.3. The molecule has 35 heavy (non-hydrogen) atoms. The number of imidazole rings is 1. The third-order valence-corrected chi connectivity index (χ3v) is 5.54. The molecule has 0 spiro atoms. The minimum absolute atomic E-state index is 0.0418. The maximum absolute atomic E-state index is 12.8. The SMILES string of the molecule is CB(O)N[C@@H](CCc1nc2cc([N+](=O)[O-])ccc2n1-c1ccccc1)C(=O)OCc1ccccc1. The maximum atomic E-state index is 12.8. The third kappa shape index (κ3) is 5.92. The van der Waals surface area contributed by atoms with E-state index >= 15 is 0 Å². The fourth-order valence-corrected chi connectivity index (χ4v) is 3.93. The quantitative estimate of drug-likeness (QED) is 0.156. The van der Waals surface area contributed by atoms with E-state index in [0.717, 1.165) is 16.8 Å². The zero-order valence-corrected chi connectivity index (χ0v) is 19.2. The second-order valence-corrected chi connectivity index (χ2v) is 8.16. The molecule has 2 N–H and O–H groups in total. The Balaban J connectivity index is 1.59. The first-order valence-electron chi connectivity index (χ1n) is 11.3. The summed E-state index contributed by atoms with van der Waals surface area (Å²) in [5.41, 5.74) is 2.89. The molecule has 1 aromatic heterocycles. The summed E-state index contributed by atoms with van der Waals surface area (Å²) in [5, 5.41) is 24.0. The molecule has 0 aliphatic rings. The van der Waals surface area contributed by atoms with Crippen LogP contribution in [-0.4, -0.2) is 38.6 Å². The van der Waals surface area contributed by atoms with Crippen LogP contribution in [0.5, 0.6) is 0 Å². The van der Waals surface area contributed by atoms with Gasteiger partial charge in [-0.05, 0) is 37.0 Å². The van der Waals surface area contributed by atoms with Gasteiger partial charge in [0.05, 0.1) is 22.0 Å². The molecule has 10 heteroatoms. The van der Waals surface area contributed by atoms with Crippen LogP contribution in [0, 0.1) is 10.1 Å². The lowest BCUT2D eigenvalue weighted by Crippen LogP contribution is -2.46.